The Balaban J connectivity index is 1.33. The van der Waals surface area contributed by atoms with Gasteiger partial charge in [-0.05, 0) is 48.8 Å². The third kappa shape index (κ3) is 8.82. The van der Waals surface area contributed by atoms with Gasteiger partial charge in [0.15, 0.2) is 0 Å². The van der Waals surface area contributed by atoms with Crippen molar-refractivity contribution in [2.75, 3.05) is 14.2 Å². The molecule has 0 bridgehead atoms. The summed E-state index contributed by atoms with van der Waals surface area (Å²) in [5.74, 6) is -4.34. The summed E-state index contributed by atoms with van der Waals surface area (Å²) in [7, 11) is 2.85. The molecule has 1 heterocycles. The van der Waals surface area contributed by atoms with Crippen LogP contribution in [-0.4, -0.2) is 77.7 Å². The standard InChI is InChI=1S/C44H52N4O9/c1-7-27-24-44(27,42(53)54)48-39(50)32-21-29(57-35-23-33(25-14-10-8-11-15-25)45-34-22-28(55-5)18-19-30(34)35)20-31(32)38(49)47-37(43(2,3)4)40(51)46-36(41(52)56-6)26-16-12-9-13-17-26/h7-8,10-11,14-15,18-20,22-23,26-27,29,32,36-37H,1,9,12-13,16-17,21,24H2,2-6H3,(H,46,51)(H,47,49)(H,48,50)(H,53,54)/t27-,29+,32-,36?,37-,44-/m1/s1. The molecule has 4 N–H and O–H groups in total. The summed E-state index contributed by atoms with van der Waals surface area (Å²) in [6.07, 6.45) is 6.84. The molecule has 3 aliphatic carbocycles. The SMILES string of the molecule is C=C[C@@H]1C[C@]1(NC(=O)[C@@H]1C[C@@H](Oc2cc(-c3ccccc3)nc3cc(OC)ccc23)C=C1C(=O)N[C@H](C(=O)NC(C(=O)OC)C1CCCCC1)C(C)(C)C)C(=O)O. The number of ether oxygens (including phenoxy) is 3. The number of fused-ring (bicyclic) bond motifs is 1. The van der Waals surface area contributed by atoms with E-state index in [0.717, 1.165) is 37.7 Å². The molecule has 3 aromatic rings. The lowest BCUT2D eigenvalue weighted by Gasteiger charge is -2.34. The molecule has 1 aromatic heterocycles. The first-order valence-corrected chi connectivity index (χ1v) is 19.5. The second-order valence-corrected chi connectivity index (χ2v) is 16.3. The van der Waals surface area contributed by atoms with E-state index in [0.29, 0.717) is 28.1 Å². The first-order valence-electron chi connectivity index (χ1n) is 19.5. The number of hydrogen-bond donors (Lipinski definition) is 4. The van der Waals surface area contributed by atoms with E-state index >= 15 is 0 Å². The first-order chi connectivity index (χ1) is 27.2. The molecule has 6 atom stereocenters. The number of carbonyl (C=O) groups is 5. The normalized spacial score (nSPS) is 23.0. The lowest BCUT2D eigenvalue weighted by molar-refractivity contribution is -0.148. The third-order valence-corrected chi connectivity index (χ3v) is 11.4. The molecule has 0 spiro atoms. The quantitative estimate of drug-likeness (QED) is 0.120. The largest absolute Gasteiger partial charge is 0.497 e. The van der Waals surface area contributed by atoms with Crippen molar-refractivity contribution in [1.82, 2.24) is 20.9 Å². The number of hydrogen-bond acceptors (Lipinski definition) is 9. The van der Waals surface area contributed by atoms with E-state index in [4.69, 9.17) is 19.2 Å². The second-order valence-electron chi connectivity index (χ2n) is 16.3. The second kappa shape index (κ2) is 16.8. The van der Waals surface area contributed by atoms with Gasteiger partial charge in [-0.3, -0.25) is 14.4 Å². The van der Waals surface area contributed by atoms with Gasteiger partial charge in [0.25, 0.3) is 0 Å². The number of carbonyl (C=O) groups excluding carboxylic acids is 4. The van der Waals surface area contributed by atoms with E-state index in [1.54, 1.807) is 52.2 Å². The lowest BCUT2D eigenvalue weighted by atomic mass is 9.82. The molecule has 6 rings (SSSR count). The Bertz CT molecular complexity index is 2070. The lowest BCUT2D eigenvalue weighted by Crippen LogP contribution is -2.58. The molecule has 0 aliphatic heterocycles. The third-order valence-electron chi connectivity index (χ3n) is 11.4. The fourth-order valence-electron chi connectivity index (χ4n) is 8.04. The van der Waals surface area contributed by atoms with Crippen molar-refractivity contribution in [3.05, 3.63) is 78.9 Å². The van der Waals surface area contributed by atoms with Gasteiger partial charge in [0.05, 0.1) is 31.3 Å². The minimum atomic E-state index is -1.54. The van der Waals surface area contributed by atoms with Gasteiger partial charge in [-0.2, -0.15) is 0 Å². The number of pyridine rings is 1. The van der Waals surface area contributed by atoms with Crippen LogP contribution in [-0.2, 0) is 28.7 Å². The van der Waals surface area contributed by atoms with Crippen molar-refractivity contribution in [1.29, 1.82) is 0 Å². The summed E-state index contributed by atoms with van der Waals surface area (Å²) < 4.78 is 17.2. The Kier molecular flexibility index (Phi) is 12.1. The predicted octanol–water partition coefficient (Wildman–Crippen LogP) is 5.52. The van der Waals surface area contributed by atoms with Gasteiger partial charge in [-0.1, -0.05) is 76.4 Å². The van der Waals surface area contributed by atoms with E-state index in [2.05, 4.69) is 22.5 Å². The molecule has 2 aromatic carbocycles. The minimum Gasteiger partial charge on any atom is -0.497 e. The molecule has 1 unspecified atom stereocenters. The maximum Gasteiger partial charge on any atom is 0.330 e. The Hall–Kier alpha value is -5.72. The minimum absolute atomic E-state index is 0.00214. The van der Waals surface area contributed by atoms with Crippen molar-refractivity contribution < 1.29 is 43.3 Å². The Morgan fingerprint density at radius 1 is 0.982 bits per heavy atom. The van der Waals surface area contributed by atoms with Crippen LogP contribution in [0.15, 0.2) is 78.9 Å². The van der Waals surface area contributed by atoms with Crippen LogP contribution in [0.1, 0.15) is 65.7 Å². The van der Waals surface area contributed by atoms with Crippen LogP contribution in [0.25, 0.3) is 22.2 Å². The van der Waals surface area contributed by atoms with E-state index in [-0.39, 0.29) is 24.3 Å². The molecule has 3 amide bonds. The van der Waals surface area contributed by atoms with E-state index < -0.39 is 70.6 Å². The zero-order chi connectivity index (χ0) is 41.1. The van der Waals surface area contributed by atoms with Gasteiger partial charge in [-0.15, -0.1) is 6.58 Å². The molecule has 0 saturated heterocycles. The van der Waals surface area contributed by atoms with E-state index in [9.17, 15) is 29.1 Å². The smallest absolute Gasteiger partial charge is 0.330 e. The maximum atomic E-state index is 14.4. The van der Waals surface area contributed by atoms with Crippen molar-refractivity contribution >= 4 is 40.6 Å². The van der Waals surface area contributed by atoms with E-state index in [1.165, 1.54) is 13.2 Å². The molecule has 2 fully saturated rings. The highest BCUT2D eigenvalue weighted by atomic mass is 16.5. The number of esters is 1. The highest BCUT2D eigenvalue weighted by molar-refractivity contribution is 6.04. The van der Waals surface area contributed by atoms with Crippen LogP contribution in [0.2, 0.25) is 0 Å². The molecule has 57 heavy (non-hydrogen) atoms. The molecule has 302 valence electrons. The van der Waals surface area contributed by atoms with Gasteiger partial charge < -0.3 is 35.3 Å². The fraction of sp³-hybridized carbons (Fsp3) is 0.455. The molecule has 13 heteroatoms. The number of aliphatic carboxylic acids is 1. The number of carboxylic acid groups (broad SMARTS) is 1. The number of nitrogens with one attached hydrogen (secondary N) is 3. The zero-order valence-electron chi connectivity index (χ0n) is 33.1. The van der Waals surface area contributed by atoms with Gasteiger partial charge in [0.2, 0.25) is 17.7 Å². The Morgan fingerprint density at radius 2 is 1.70 bits per heavy atom. The summed E-state index contributed by atoms with van der Waals surface area (Å²) in [5.41, 5.74) is -0.272. The average molecular weight is 781 g/mol. The van der Waals surface area contributed by atoms with Gasteiger partial charge >= 0.3 is 11.9 Å². The van der Waals surface area contributed by atoms with E-state index in [1.807, 2.05) is 36.4 Å². The van der Waals surface area contributed by atoms with Crippen molar-refractivity contribution in [2.24, 2.45) is 23.2 Å². The van der Waals surface area contributed by atoms with Crippen LogP contribution in [0, 0.1) is 23.2 Å². The van der Waals surface area contributed by atoms with Crippen molar-refractivity contribution in [3.63, 3.8) is 0 Å². The molecular weight excluding hydrogens is 729 g/mol. The number of nitrogens with zero attached hydrogens (tertiary/aromatic N) is 1. The van der Waals surface area contributed by atoms with Crippen LogP contribution >= 0.6 is 0 Å². The number of aromatic nitrogens is 1. The first kappa shape index (κ1) is 40.9. The maximum absolute atomic E-state index is 14.4. The van der Waals surface area contributed by atoms with Crippen LogP contribution in [0.3, 0.4) is 0 Å². The number of amides is 3. The fourth-order valence-corrected chi connectivity index (χ4v) is 8.04. The van der Waals surface area contributed by atoms with Crippen molar-refractivity contribution in [2.45, 2.75) is 89.4 Å². The number of carboxylic acids is 1. The van der Waals surface area contributed by atoms with Crippen LogP contribution < -0.4 is 25.4 Å². The molecule has 13 nitrogen and oxygen atoms in total. The summed E-state index contributed by atoms with van der Waals surface area (Å²) in [5, 5.41) is 19.2. The van der Waals surface area contributed by atoms with Gasteiger partial charge in [0.1, 0.15) is 35.2 Å². The molecule has 2 saturated carbocycles. The topological polar surface area (TPSA) is 182 Å². The highest BCUT2D eigenvalue weighted by Crippen LogP contribution is 2.45. The Labute approximate surface area is 332 Å². The predicted molar refractivity (Wildman–Crippen MR) is 213 cm³/mol. The highest BCUT2D eigenvalue weighted by Gasteiger charge is 2.61. The average Bonchev–Trinajstić information content (AvgIpc) is 3.77. The van der Waals surface area contributed by atoms with Crippen molar-refractivity contribution in [3.8, 4) is 22.8 Å². The molecular formula is C44H52N4O9. The van der Waals surface area contributed by atoms with Gasteiger partial charge in [0, 0.05) is 41.0 Å². The summed E-state index contributed by atoms with van der Waals surface area (Å²) >= 11 is 0. The molecule has 3 aliphatic rings. The Morgan fingerprint density at radius 3 is 2.32 bits per heavy atom. The zero-order valence-corrected chi connectivity index (χ0v) is 33.1. The number of benzene rings is 2. The van der Waals surface area contributed by atoms with Crippen LogP contribution in [0.4, 0.5) is 0 Å². The van der Waals surface area contributed by atoms with Crippen LogP contribution in [0.5, 0.6) is 11.5 Å². The number of methoxy groups -OCH3 is 2. The molecule has 0 radical (unpaired) electrons. The monoisotopic (exact) mass is 780 g/mol. The summed E-state index contributed by atoms with van der Waals surface area (Å²) in [6.45, 7) is 9.09. The number of rotatable bonds is 14. The summed E-state index contributed by atoms with van der Waals surface area (Å²) in [4.78, 5) is 72.7. The van der Waals surface area contributed by atoms with Gasteiger partial charge in [-0.25, -0.2) is 14.6 Å². The summed E-state index contributed by atoms with van der Waals surface area (Å²) in [6, 6.07) is 14.7.